The zero-order valence-electron chi connectivity index (χ0n) is 7.65. The second-order valence-corrected chi connectivity index (χ2v) is 3.59. The minimum atomic E-state index is -5.39. The van der Waals surface area contributed by atoms with E-state index in [9.17, 15) is 30.7 Å². The molecule has 0 aromatic rings. The van der Waals surface area contributed by atoms with Crippen molar-refractivity contribution in [1.82, 2.24) is 0 Å². The van der Waals surface area contributed by atoms with Crippen LogP contribution in [0.15, 0.2) is 0 Å². The van der Waals surface area contributed by atoms with Crippen molar-refractivity contribution in [2.24, 2.45) is 5.41 Å². The molecule has 0 N–H and O–H groups in total. The van der Waals surface area contributed by atoms with Crippen molar-refractivity contribution in [1.29, 1.82) is 0 Å². The summed E-state index contributed by atoms with van der Waals surface area (Å²) in [5.74, 6) is -9.86. The summed E-state index contributed by atoms with van der Waals surface area (Å²) < 4.78 is 86.2. The summed E-state index contributed by atoms with van der Waals surface area (Å²) in [5.41, 5.74) is -3.77. The van der Waals surface area contributed by atoms with Crippen molar-refractivity contribution in [3.05, 3.63) is 0 Å². The van der Waals surface area contributed by atoms with Crippen molar-refractivity contribution < 1.29 is 30.7 Å². The maximum absolute atomic E-state index is 12.7. The lowest BCUT2D eigenvalue weighted by atomic mass is 9.81. The molecule has 0 saturated carbocycles. The van der Waals surface area contributed by atoms with E-state index in [1.165, 1.54) is 0 Å². The molecule has 0 unspecified atom stereocenters. The summed E-state index contributed by atoms with van der Waals surface area (Å²) in [6, 6.07) is 0. The third-order valence-electron chi connectivity index (χ3n) is 2.04. The molecule has 0 atom stereocenters. The molecule has 7 heteroatoms. The number of rotatable bonds is 2. The van der Waals surface area contributed by atoms with Gasteiger partial charge in [0.25, 0.3) is 0 Å². The predicted molar refractivity (Wildman–Crippen MR) is 35.4 cm³/mol. The van der Waals surface area contributed by atoms with Gasteiger partial charge in [0, 0.05) is 6.92 Å². The average Bonchev–Trinajstić information content (AvgIpc) is 1.81. The quantitative estimate of drug-likeness (QED) is 0.627. The van der Waals surface area contributed by atoms with E-state index < -0.39 is 23.4 Å². The predicted octanol–water partition coefficient (Wildman–Crippen LogP) is 3.87. The third kappa shape index (κ3) is 1.81. The fourth-order valence-corrected chi connectivity index (χ4v) is 0.727. The summed E-state index contributed by atoms with van der Waals surface area (Å²) in [4.78, 5) is 0. The Labute approximate surface area is 76.1 Å². The first kappa shape index (κ1) is 13.5. The second-order valence-electron chi connectivity index (χ2n) is 3.59. The van der Waals surface area contributed by atoms with E-state index in [1.54, 1.807) is 0 Å². The molecule has 86 valence electrons. The molecule has 0 aliphatic rings. The minimum Gasteiger partial charge on any atom is -0.200 e. The van der Waals surface area contributed by atoms with Crippen LogP contribution in [0.4, 0.5) is 30.7 Å². The minimum absolute atomic E-state index is 0.0460. The van der Waals surface area contributed by atoms with Gasteiger partial charge in [0.15, 0.2) is 0 Å². The Morgan fingerprint density at radius 1 is 0.643 bits per heavy atom. The fourth-order valence-electron chi connectivity index (χ4n) is 0.727. The van der Waals surface area contributed by atoms with Gasteiger partial charge in [-0.25, -0.2) is 8.78 Å². The second kappa shape index (κ2) is 3.00. The van der Waals surface area contributed by atoms with Gasteiger partial charge in [-0.05, 0) is 13.8 Å². The van der Waals surface area contributed by atoms with Gasteiger partial charge in [-0.3, -0.25) is 0 Å². The first-order chi connectivity index (χ1) is 5.75. The fraction of sp³-hybridized carbons (Fsp3) is 1.00. The molecule has 0 nitrogen and oxygen atoms in total. The molecule has 0 amide bonds. The monoisotopic (exact) mass is 226 g/mol. The van der Waals surface area contributed by atoms with Crippen LogP contribution in [0.2, 0.25) is 0 Å². The zero-order valence-corrected chi connectivity index (χ0v) is 7.65. The number of halogens is 7. The van der Waals surface area contributed by atoms with E-state index in [4.69, 9.17) is 0 Å². The molecule has 0 fully saturated rings. The van der Waals surface area contributed by atoms with Crippen LogP contribution in [0.25, 0.3) is 0 Å². The molecule has 0 aromatic carbocycles. The van der Waals surface area contributed by atoms with E-state index in [0.717, 1.165) is 0 Å². The van der Waals surface area contributed by atoms with Gasteiger partial charge >= 0.3 is 18.0 Å². The molecule has 0 rings (SSSR count). The van der Waals surface area contributed by atoms with Gasteiger partial charge < -0.3 is 0 Å². The zero-order chi connectivity index (χ0) is 12.0. The van der Waals surface area contributed by atoms with Crippen LogP contribution in [-0.2, 0) is 0 Å². The van der Waals surface area contributed by atoms with Crippen molar-refractivity contribution in [3.63, 3.8) is 0 Å². The molecular formula is C7H9F7. The summed E-state index contributed by atoms with van der Waals surface area (Å²) in [5, 5.41) is 0. The molecule has 14 heavy (non-hydrogen) atoms. The summed E-state index contributed by atoms with van der Waals surface area (Å²) >= 11 is 0. The Kier molecular flexibility index (Phi) is 2.89. The van der Waals surface area contributed by atoms with E-state index in [0.29, 0.717) is 0 Å². The standard InChI is InChI=1S/C7H9F7/c1-4(2,7(12,13)14)6(10,11)5(3,8)9/h1-3H3. The smallest absolute Gasteiger partial charge is 0.200 e. The van der Waals surface area contributed by atoms with Gasteiger partial charge in [-0.15, -0.1) is 0 Å². The highest BCUT2D eigenvalue weighted by atomic mass is 19.4. The number of hydrogen-bond acceptors (Lipinski definition) is 0. The normalized spacial score (nSPS) is 15.9. The first-order valence-electron chi connectivity index (χ1n) is 3.57. The molecule has 0 aliphatic heterocycles. The Bertz CT molecular complexity index is 183. The number of alkyl halides is 7. The van der Waals surface area contributed by atoms with Crippen molar-refractivity contribution in [2.45, 2.75) is 38.8 Å². The molecule has 0 heterocycles. The van der Waals surface area contributed by atoms with Crippen molar-refractivity contribution >= 4 is 0 Å². The van der Waals surface area contributed by atoms with Crippen LogP contribution in [0.5, 0.6) is 0 Å². The maximum Gasteiger partial charge on any atom is 0.399 e. The van der Waals surface area contributed by atoms with Gasteiger partial charge in [-0.1, -0.05) is 0 Å². The van der Waals surface area contributed by atoms with Gasteiger partial charge in [-0.2, -0.15) is 22.0 Å². The molecular weight excluding hydrogens is 217 g/mol. The molecule has 0 spiro atoms. The van der Waals surface area contributed by atoms with Crippen LogP contribution >= 0.6 is 0 Å². The lowest BCUT2D eigenvalue weighted by Gasteiger charge is -2.38. The Hall–Kier alpha value is -0.490. The third-order valence-corrected chi connectivity index (χ3v) is 2.04. The first-order valence-corrected chi connectivity index (χ1v) is 3.57. The van der Waals surface area contributed by atoms with Crippen molar-refractivity contribution in [3.8, 4) is 0 Å². The molecule has 0 aromatic heterocycles. The maximum atomic E-state index is 12.7. The van der Waals surface area contributed by atoms with E-state index in [-0.39, 0.29) is 20.8 Å². The highest BCUT2D eigenvalue weighted by molar-refractivity contribution is 4.98. The topological polar surface area (TPSA) is 0 Å². The largest absolute Gasteiger partial charge is 0.399 e. The van der Waals surface area contributed by atoms with Crippen LogP contribution in [0.3, 0.4) is 0 Å². The highest BCUT2D eigenvalue weighted by Gasteiger charge is 2.71. The summed E-state index contributed by atoms with van der Waals surface area (Å²) in [7, 11) is 0. The van der Waals surface area contributed by atoms with E-state index in [2.05, 4.69) is 0 Å². The summed E-state index contributed by atoms with van der Waals surface area (Å²) in [6.45, 7) is -0.144. The Balaban J connectivity index is 5.30. The van der Waals surface area contributed by atoms with Crippen LogP contribution < -0.4 is 0 Å². The highest BCUT2D eigenvalue weighted by Crippen LogP contribution is 2.54. The van der Waals surface area contributed by atoms with Crippen LogP contribution in [0.1, 0.15) is 20.8 Å². The Morgan fingerprint density at radius 2 is 0.929 bits per heavy atom. The SMILES string of the molecule is CC(F)(F)C(F)(F)C(C)(C)C(F)(F)F. The van der Waals surface area contributed by atoms with E-state index in [1.807, 2.05) is 0 Å². The van der Waals surface area contributed by atoms with Gasteiger partial charge in [0.05, 0.1) is 0 Å². The lowest BCUT2D eigenvalue weighted by molar-refractivity contribution is -0.337. The molecule has 0 bridgehead atoms. The van der Waals surface area contributed by atoms with E-state index >= 15 is 0 Å². The molecule has 0 radical (unpaired) electrons. The average molecular weight is 226 g/mol. The van der Waals surface area contributed by atoms with Gasteiger partial charge in [0.2, 0.25) is 0 Å². The summed E-state index contributed by atoms with van der Waals surface area (Å²) in [6.07, 6.45) is -5.39. The van der Waals surface area contributed by atoms with Gasteiger partial charge in [0.1, 0.15) is 5.41 Å². The number of hydrogen-bond donors (Lipinski definition) is 0. The molecule has 0 saturated heterocycles. The molecule has 0 aliphatic carbocycles. The Morgan fingerprint density at radius 3 is 1.00 bits per heavy atom. The van der Waals surface area contributed by atoms with Crippen LogP contribution in [0, 0.1) is 5.41 Å². The van der Waals surface area contributed by atoms with Crippen molar-refractivity contribution in [2.75, 3.05) is 0 Å². The lowest BCUT2D eigenvalue weighted by Crippen LogP contribution is -2.56. The van der Waals surface area contributed by atoms with Crippen LogP contribution in [-0.4, -0.2) is 18.0 Å².